The largest absolute Gasteiger partial charge is 0.462 e. The van der Waals surface area contributed by atoms with Crippen LogP contribution < -0.4 is 0 Å². The molecule has 2 saturated heterocycles. The Morgan fingerprint density at radius 2 is 1.74 bits per heavy atom. The highest BCUT2D eigenvalue weighted by atomic mass is 16.5. The molecule has 0 spiro atoms. The van der Waals surface area contributed by atoms with Gasteiger partial charge in [0.15, 0.2) is 0 Å². The summed E-state index contributed by atoms with van der Waals surface area (Å²) >= 11 is 0. The van der Waals surface area contributed by atoms with Crippen molar-refractivity contribution in [2.75, 3.05) is 26.2 Å². The summed E-state index contributed by atoms with van der Waals surface area (Å²) in [5.74, 6) is -0.221. The fourth-order valence-corrected chi connectivity index (χ4v) is 4.71. The van der Waals surface area contributed by atoms with E-state index in [0.717, 1.165) is 45.4 Å². The number of ether oxygens (including phenoxy) is 1. The van der Waals surface area contributed by atoms with E-state index < -0.39 is 0 Å². The first-order chi connectivity index (χ1) is 15.1. The zero-order chi connectivity index (χ0) is 21.6. The first-order valence-corrected chi connectivity index (χ1v) is 11.5. The van der Waals surface area contributed by atoms with Crippen LogP contribution in [0.4, 0.5) is 0 Å². The van der Waals surface area contributed by atoms with Crippen LogP contribution in [0.25, 0.3) is 0 Å². The van der Waals surface area contributed by atoms with Gasteiger partial charge in [0.25, 0.3) is 5.91 Å². The van der Waals surface area contributed by atoms with Crippen molar-refractivity contribution in [3.8, 4) is 0 Å². The molecule has 0 radical (unpaired) electrons. The van der Waals surface area contributed by atoms with Crippen molar-refractivity contribution in [3.63, 3.8) is 0 Å². The molecule has 31 heavy (non-hydrogen) atoms. The van der Waals surface area contributed by atoms with E-state index in [9.17, 15) is 9.59 Å². The molecule has 4 rings (SSSR count). The van der Waals surface area contributed by atoms with Gasteiger partial charge in [-0.3, -0.25) is 9.69 Å². The number of aromatic nitrogens is 1. The number of likely N-dealkylation sites (tertiary alicyclic amines) is 2. The Morgan fingerprint density at radius 1 is 1.00 bits per heavy atom. The molecule has 0 N–H and O–H groups in total. The molecule has 0 aliphatic carbocycles. The van der Waals surface area contributed by atoms with Crippen molar-refractivity contribution in [2.45, 2.75) is 51.1 Å². The molecular formula is C25H33N3O3. The van der Waals surface area contributed by atoms with E-state index in [1.54, 1.807) is 0 Å². The number of hydrogen-bond acceptors (Lipinski definition) is 4. The van der Waals surface area contributed by atoms with Crippen molar-refractivity contribution in [1.82, 2.24) is 14.4 Å². The van der Waals surface area contributed by atoms with E-state index in [-0.39, 0.29) is 17.9 Å². The van der Waals surface area contributed by atoms with Crippen LogP contribution in [-0.4, -0.2) is 58.5 Å². The van der Waals surface area contributed by atoms with Crippen LogP contribution in [0, 0.1) is 0 Å². The van der Waals surface area contributed by atoms with E-state index >= 15 is 0 Å². The van der Waals surface area contributed by atoms with Crippen molar-refractivity contribution >= 4 is 11.9 Å². The van der Waals surface area contributed by atoms with Gasteiger partial charge in [0, 0.05) is 38.8 Å². The quantitative estimate of drug-likeness (QED) is 0.635. The molecular weight excluding hydrogens is 390 g/mol. The third-order valence-corrected chi connectivity index (χ3v) is 6.53. The monoisotopic (exact) mass is 423 g/mol. The summed E-state index contributed by atoms with van der Waals surface area (Å²) in [7, 11) is 1.89. The lowest BCUT2D eigenvalue weighted by Crippen LogP contribution is -2.44. The second-order valence-corrected chi connectivity index (χ2v) is 8.76. The summed E-state index contributed by atoms with van der Waals surface area (Å²) < 4.78 is 7.42. The number of benzene rings is 1. The van der Waals surface area contributed by atoms with Crippen molar-refractivity contribution in [1.29, 1.82) is 0 Å². The minimum absolute atomic E-state index is 0.0668. The predicted molar refractivity (Wildman–Crippen MR) is 120 cm³/mol. The highest BCUT2D eigenvalue weighted by molar-refractivity contribution is 5.93. The maximum absolute atomic E-state index is 13.0. The Hall–Kier alpha value is -2.60. The number of nitrogens with zero attached hydrogens (tertiary/aromatic N) is 3. The number of carbonyl (C=O) groups is 2. The molecule has 6 heteroatoms. The summed E-state index contributed by atoms with van der Waals surface area (Å²) in [5.41, 5.74) is 2.53. The molecule has 2 aromatic rings. The van der Waals surface area contributed by atoms with Crippen LogP contribution in [0.15, 0.2) is 42.6 Å². The maximum atomic E-state index is 13.0. The number of aryl methyl sites for hydroxylation is 1. The van der Waals surface area contributed by atoms with Gasteiger partial charge >= 0.3 is 5.97 Å². The minimum Gasteiger partial charge on any atom is -0.462 e. The van der Waals surface area contributed by atoms with Gasteiger partial charge in [-0.25, -0.2) is 4.79 Å². The van der Waals surface area contributed by atoms with E-state index in [2.05, 4.69) is 4.90 Å². The summed E-state index contributed by atoms with van der Waals surface area (Å²) in [6.45, 7) is 4.36. The number of hydrogen-bond donors (Lipinski definition) is 0. The van der Waals surface area contributed by atoms with Crippen molar-refractivity contribution in [3.05, 3.63) is 59.4 Å². The smallest absolute Gasteiger partial charge is 0.338 e. The summed E-state index contributed by atoms with van der Waals surface area (Å²) in [5, 5.41) is 0. The molecule has 2 aliphatic heterocycles. The van der Waals surface area contributed by atoms with E-state index in [0.29, 0.717) is 24.3 Å². The van der Waals surface area contributed by atoms with Crippen LogP contribution in [0.2, 0.25) is 0 Å². The Kier molecular flexibility index (Phi) is 7.07. The van der Waals surface area contributed by atoms with E-state index in [1.807, 2.05) is 59.1 Å². The molecule has 1 aromatic carbocycles. The normalized spacial score (nSPS) is 19.5. The zero-order valence-corrected chi connectivity index (χ0v) is 18.5. The first kappa shape index (κ1) is 21.6. The summed E-state index contributed by atoms with van der Waals surface area (Å²) in [6, 6.07) is 11.6. The minimum atomic E-state index is -0.288. The average Bonchev–Trinajstić information content (AvgIpc) is 3.46. The van der Waals surface area contributed by atoms with Crippen molar-refractivity contribution in [2.24, 2.45) is 7.05 Å². The number of carbonyl (C=O) groups excluding carboxylic acids is 2. The second kappa shape index (κ2) is 10.1. The molecule has 1 amide bonds. The van der Waals surface area contributed by atoms with Gasteiger partial charge in [-0.1, -0.05) is 12.1 Å². The summed E-state index contributed by atoms with van der Waals surface area (Å²) in [4.78, 5) is 29.8. The van der Waals surface area contributed by atoms with Gasteiger partial charge in [0.1, 0.15) is 5.69 Å². The molecule has 1 atom stereocenters. The number of piperidine rings is 1. The molecule has 3 heterocycles. The van der Waals surface area contributed by atoms with Crippen LogP contribution in [0.1, 0.15) is 64.9 Å². The molecule has 2 fully saturated rings. The Morgan fingerprint density at radius 3 is 2.45 bits per heavy atom. The molecule has 6 nitrogen and oxygen atoms in total. The lowest BCUT2D eigenvalue weighted by molar-refractivity contribution is 0.0406. The zero-order valence-electron chi connectivity index (χ0n) is 18.5. The lowest BCUT2D eigenvalue weighted by atomic mass is 9.99. The second-order valence-electron chi connectivity index (χ2n) is 8.76. The Balaban J connectivity index is 1.27. The fraction of sp³-hybridized carbons (Fsp3) is 0.520. The number of esters is 1. The van der Waals surface area contributed by atoms with Crippen LogP contribution >= 0.6 is 0 Å². The Bertz CT molecular complexity index is 884. The van der Waals surface area contributed by atoms with Gasteiger partial charge in [0.05, 0.1) is 12.2 Å². The standard InChI is InChI=1S/C25H33N3O3/c1-26-14-6-8-23(26)24(29)28-17-3-2-7-22(28)13-18-31-25(30)21-11-9-20(10-12-21)19-27-15-4-5-16-27/h6,8-12,14,22H,2-5,7,13,15-19H2,1H3. The topological polar surface area (TPSA) is 54.8 Å². The predicted octanol–water partition coefficient (Wildman–Crippen LogP) is 3.86. The van der Waals surface area contributed by atoms with E-state index in [1.165, 1.54) is 18.4 Å². The average molecular weight is 424 g/mol. The van der Waals surface area contributed by atoms with Crippen molar-refractivity contribution < 1.29 is 14.3 Å². The van der Waals surface area contributed by atoms with E-state index in [4.69, 9.17) is 4.74 Å². The third kappa shape index (κ3) is 5.37. The maximum Gasteiger partial charge on any atom is 0.338 e. The third-order valence-electron chi connectivity index (χ3n) is 6.53. The molecule has 1 aromatic heterocycles. The SMILES string of the molecule is Cn1cccc1C(=O)N1CCCCC1CCOC(=O)c1ccc(CN2CCCC2)cc1. The molecule has 1 unspecified atom stereocenters. The van der Waals surface area contributed by atoms with Gasteiger partial charge in [-0.2, -0.15) is 0 Å². The number of rotatable bonds is 7. The van der Waals surface area contributed by atoms with Crippen LogP contribution in [0.5, 0.6) is 0 Å². The van der Waals surface area contributed by atoms with Gasteiger partial charge in [0.2, 0.25) is 0 Å². The molecule has 0 bridgehead atoms. The highest BCUT2D eigenvalue weighted by Gasteiger charge is 2.28. The van der Waals surface area contributed by atoms with Gasteiger partial charge in [-0.05, 0) is 75.0 Å². The van der Waals surface area contributed by atoms with Gasteiger partial charge < -0.3 is 14.2 Å². The number of amides is 1. The van der Waals surface area contributed by atoms with Gasteiger partial charge in [-0.15, -0.1) is 0 Å². The molecule has 0 saturated carbocycles. The highest BCUT2D eigenvalue weighted by Crippen LogP contribution is 2.22. The molecule has 2 aliphatic rings. The van der Waals surface area contributed by atoms with Crippen LogP contribution in [0.3, 0.4) is 0 Å². The summed E-state index contributed by atoms with van der Waals surface area (Å²) in [6.07, 6.45) is 8.21. The fourth-order valence-electron chi connectivity index (χ4n) is 4.71. The molecule has 166 valence electrons. The lowest BCUT2D eigenvalue weighted by Gasteiger charge is -2.35. The first-order valence-electron chi connectivity index (χ1n) is 11.5. The van der Waals surface area contributed by atoms with Crippen LogP contribution in [-0.2, 0) is 18.3 Å². The Labute approximate surface area is 184 Å².